The third-order valence-corrected chi connectivity index (χ3v) is 4.10. The molecule has 2 heterocycles. The van der Waals surface area contributed by atoms with Crippen molar-refractivity contribution < 1.29 is 19.0 Å². The Bertz CT molecular complexity index is 952. The second kappa shape index (κ2) is 7.30. The number of aryl methyl sites for hydroxylation is 1. The minimum Gasteiger partial charge on any atom is -0.497 e. The van der Waals surface area contributed by atoms with E-state index in [1.165, 1.54) is 13.4 Å². The number of esters is 1. The van der Waals surface area contributed by atoms with E-state index in [0.29, 0.717) is 29.2 Å². The van der Waals surface area contributed by atoms with Crippen LogP contribution in [0, 0.1) is 0 Å². The van der Waals surface area contributed by atoms with E-state index in [9.17, 15) is 4.79 Å². The number of aromatic nitrogens is 3. The van der Waals surface area contributed by atoms with E-state index in [0.717, 1.165) is 16.8 Å². The number of fused-ring (bicyclic) bond motifs is 1. The molecule has 26 heavy (non-hydrogen) atoms. The molecule has 0 aliphatic rings. The van der Waals surface area contributed by atoms with Crippen LogP contribution in [0.15, 0.2) is 30.7 Å². The maximum Gasteiger partial charge on any atom is 0.341 e. The molecular formula is C18H20N4O4. The Morgan fingerprint density at radius 1 is 1.19 bits per heavy atom. The lowest BCUT2D eigenvalue weighted by Gasteiger charge is -2.12. The van der Waals surface area contributed by atoms with Gasteiger partial charge in [-0.3, -0.25) is 0 Å². The molecule has 0 atom stereocenters. The van der Waals surface area contributed by atoms with Gasteiger partial charge in [0.15, 0.2) is 5.82 Å². The van der Waals surface area contributed by atoms with Crippen LogP contribution >= 0.6 is 0 Å². The third-order valence-electron chi connectivity index (χ3n) is 4.10. The first kappa shape index (κ1) is 17.5. The van der Waals surface area contributed by atoms with E-state index in [-0.39, 0.29) is 0 Å². The Balaban J connectivity index is 1.93. The van der Waals surface area contributed by atoms with Gasteiger partial charge in [0.25, 0.3) is 0 Å². The Labute approximate surface area is 150 Å². The highest BCUT2D eigenvalue weighted by molar-refractivity contribution is 6.04. The highest BCUT2D eigenvalue weighted by atomic mass is 16.5. The van der Waals surface area contributed by atoms with Crippen molar-refractivity contribution in [2.24, 2.45) is 7.05 Å². The number of rotatable bonds is 6. The normalized spacial score (nSPS) is 10.6. The maximum atomic E-state index is 11.9. The molecule has 0 saturated heterocycles. The molecule has 0 amide bonds. The van der Waals surface area contributed by atoms with Crippen molar-refractivity contribution in [1.29, 1.82) is 0 Å². The minimum absolute atomic E-state index is 0.400. The number of hydrogen-bond acceptors (Lipinski definition) is 7. The fraction of sp³-hybridized carbons (Fsp3) is 0.278. The summed E-state index contributed by atoms with van der Waals surface area (Å²) in [4.78, 5) is 20.5. The van der Waals surface area contributed by atoms with Gasteiger partial charge >= 0.3 is 5.97 Å². The Morgan fingerprint density at radius 3 is 2.69 bits per heavy atom. The van der Waals surface area contributed by atoms with Gasteiger partial charge in [0.05, 0.1) is 21.3 Å². The van der Waals surface area contributed by atoms with E-state index in [1.54, 1.807) is 25.0 Å². The number of nitrogens with zero attached hydrogens (tertiary/aromatic N) is 3. The van der Waals surface area contributed by atoms with Crippen LogP contribution in [0.1, 0.15) is 15.9 Å². The molecule has 1 aromatic carbocycles. The van der Waals surface area contributed by atoms with E-state index in [2.05, 4.69) is 15.3 Å². The van der Waals surface area contributed by atoms with Gasteiger partial charge in [0.2, 0.25) is 0 Å². The SMILES string of the molecule is COC(=O)c1cn(C)c2c(NCc3ccc(OC)cc3OC)ncnc12. The molecule has 0 aliphatic heterocycles. The van der Waals surface area contributed by atoms with Gasteiger partial charge in [-0.15, -0.1) is 0 Å². The highest BCUT2D eigenvalue weighted by Crippen LogP contribution is 2.28. The summed E-state index contributed by atoms with van der Waals surface area (Å²) < 4.78 is 17.3. The molecule has 2 aromatic heterocycles. The molecule has 0 radical (unpaired) electrons. The number of carbonyl (C=O) groups excluding carboxylic acids is 1. The van der Waals surface area contributed by atoms with Gasteiger partial charge in [-0.25, -0.2) is 14.8 Å². The summed E-state index contributed by atoms with van der Waals surface area (Å²) in [5, 5.41) is 3.28. The largest absolute Gasteiger partial charge is 0.497 e. The standard InChI is InChI=1S/C18H20N4O4/c1-22-9-13(18(23)26-4)15-16(22)17(21-10-20-15)19-8-11-5-6-12(24-2)7-14(11)25-3/h5-7,9-10H,8H2,1-4H3,(H,19,20,21). The Morgan fingerprint density at radius 2 is 2.00 bits per heavy atom. The predicted molar refractivity (Wildman–Crippen MR) is 96.7 cm³/mol. The summed E-state index contributed by atoms with van der Waals surface area (Å²) in [6.07, 6.45) is 3.10. The summed E-state index contributed by atoms with van der Waals surface area (Å²) in [5.41, 5.74) is 2.61. The summed E-state index contributed by atoms with van der Waals surface area (Å²) in [7, 11) is 6.40. The zero-order valence-corrected chi connectivity index (χ0v) is 15.1. The zero-order chi connectivity index (χ0) is 18.7. The van der Waals surface area contributed by atoms with E-state index in [4.69, 9.17) is 14.2 Å². The summed E-state index contributed by atoms with van der Waals surface area (Å²) in [5.74, 6) is 1.62. The van der Waals surface area contributed by atoms with Gasteiger partial charge in [-0.05, 0) is 12.1 Å². The number of anilines is 1. The van der Waals surface area contributed by atoms with Crippen molar-refractivity contribution in [2.75, 3.05) is 26.6 Å². The van der Waals surface area contributed by atoms with Crippen LogP contribution in [0.5, 0.6) is 11.5 Å². The molecule has 1 N–H and O–H groups in total. The molecule has 0 spiro atoms. The van der Waals surface area contributed by atoms with Gasteiger partial charge < -0.3 is 24.1 Å². The van der Waals surface area contributed by atoms with Crippen LogP contribution in [-0.4, -0.2) is 41.8 Å². The van der Waals surface area contributed by atoms with Crippen molar-refractivity contribution in [2.45, 2.75) is 6.54 Å². The number of hydrogen-bond donors (Lipinski definition) is 1. The monoisotopic (exact) mass is 356 g/mol. The fourth-order valence-corrected chi connectivity index (χ4v) is 2.79. The zero-order valence-electron chi connectivity index (χ0n) is 15.1. The third kappa shape index (κ3) is 3.13. The summed E-state index contributed by atoms with van der Waals surface area (Å²) >= 11 is 0. The lowest BCUT2D eigenvalue weighted by molar-refractivity contribution is 0.0602. The molecular weight excluding hydrogens is 336 g/mol. The molecule has 136 valence electrons. The van der Waals surface area contributed by atoms with Gasteiger partial charge in [0, 0.05) is 31.4 Å². The van der Waals surface area contributed by atoms with Crippen LogP contribution in [0.3, 0.4) is 0 Å². The fourth-order valence-electron chi connectivity index (χ4n) is 2.79. The molecule has 0 bridgehead atoms. The van der Waals surface area contributed by atoms with E-state index in [1.807, 2.05) is 25.2 Å². The van der Waals surface area contributed by atoms with Crippen LogP contribution in [-0.2, 0) is 18.3 Å². The molecule has 8 nitrogen and oxygen atoms in total. The maximum absolute atomic E-state index is 11.9. The Kier molecular flexibility index (Phi) is 4.92. The first-order chi connectivity index (χ1) is 12.6. The van der Waals surface area contributed by atoms with Crippen molar-refractivity contribution >= 4 is 22.8 Å². The molecule has 3 rings (SSSR count). The highest BCUT2D eigenvalue weighted by Gasteiger charge is 2.18. The second-order valence-electron chi connectivity index (χ2n) is 5.60. The first-order valence-corrected chi connectivity index (χ1v) is 7.92. The topological polar surface area (TPSA) is 87.5 Å². The Hall–Kier alpha value is -3.29. The molecule has 0 fully saturated rings. The lowest BCUT2D eigenvalue weighted by atomic mass is 10.2. The van der Waals surface area contributed by atoms with Crippen LogP contribution in [0.2, 0.25) is 0 Å². The van der Waals surface area contributed by atoms with Gasteiger partial charge in [-0.1, -0.05) is 0 Å². The molecule has 0 saturated carbocycles. The minimum atomic E-state index is -0.433. The predicted octanol–water partition coefficient (Wildman–Crippen LogP) is 2.38. The van der Waals surface area contributed by atoms with Crippen molar-refractivity contribution in [3.8, 4) is 11.5 Å². The van der Waals surface area contributed by atoms with Gasteiger partial charge in [0.1, 0.15) is 34.4 Å². The quantitative estimate of drug-likeness (QED) is 0.679. The van der Waals surface area contributed by atoms with E-state index >= 15 is 0 Å². The van der Waals surface area contributed by atoms with Gasteiger partial charge in [-0.2, -0.15) is 0 Å². The lowest BCUT2D eigenvalue weighted by Crippen LogP contribution is -2.06. The van der Waals surface area contributed by atoms with Crippen molar-refractivity contribution in [1.82, 2.24) is 14.5 Å². The smallest absolute Gasteiger partial charge is 0.341 e. The molecule has 3 aromatic rings. The van der Waals surface area contributed by atoms with E-state index < -0.39 is 5.97 Å². The van der Waals surface area contributed by atoms with Crippen LogP contribution in [0.4, 0.5) is 5.82 Å². The van der Waals surface area contributed by atoms with Crippen LogP contribution < -0.4 is 14.8 Å². The summed E-state index contributed by atoms with van der Waals surface area (Å²) in [6.45, 7) is 0.484. The summed E-state index contributed by atoms with van der Waals surface area (Å²) in [6, 6.07) is 5.62. The molecule has 8 heteroatoms. The number of benzene rings is 1. The molecule has 0 unspecified atom stereocenters. The second-order valence-corrected chi connectivity index (χ2v) is 5.60. The number of ether oxygens (including phenoxy) is 3. The number of methoxy groups -OCH3 is 3. The van der Waals surface area contributed by atoms with Crippen molar-refractivity contribution in [3.63, 3.8) is 0 Å². The number of nitrogens with one attached hydrogen (secondary N) is 1. The number of carbonyl (C=O) groups is 1. The average Bonchev–Trinajstić information content (AvgIpc) is 3.03. The first-order valence-electron chi connectivity index (χ1n) is 7.92. The van der Waals surface area contributed by atoms with Crippen molar-refractivity contribution in [3.05, 3.63) is 41.9 Å². The molecule has 0 aliphatic carbocycles. The average molecular weight is 356 g/mol. The van der Waals surface area contributed by atoms with Crippen LogP contribution in [0.25, 0.3) is 11.0 Å².